The van der Waals surface area contributed by atoms with Gasteiger partial charge in [0.2, 0.25) is 5.91 Å². The maximum Gasteiger partial charge on any atom is 0.268 e. The Kier molecular flexibility index (Phi) is 3.80. The Morgan fingerprint density at radius 3 is 3.10 bits per heavy atom. The average Bonchev–Trinajstić information content (AvgIpc) is 3.08. The Labute approximate surface area is 124 Å². The minimum absolute atomic E-state index is 0.374. The summed E-state index contributed by atoms with van der Waals surface area (Å²) in [6.45, 7) is 2.23. The summed E-state index contributed by atoms with van der Waals surface area (Å²) >= 11 is 3.38. The standard InChI is InChI=1S/C13H15N3O2S2/c1-7-4-8(2-3-19-7)12-15-13(18-16-12)10-5-9(6-20-10)11(14)17/h5-8H,2-4H2,1H3,(H2,14,17). The molecule has 106 valence electrons. The quantitative estimate of drug-likeness (QED) is 0.942. The third kappa shape index (κ3) is 2.73. The summed E-state index contributed by atoms with van der Waals surface area (Å²) in [5, 5.41) is 6.45. The van der Waals surface area contributed by atoms with Gasteiger partial charge in [0.05, 0.1) is 10.4 Å². The van der Waals surface area contributed by atoms with Crippen LogP contribution < -0.4 is 5.73 Å². The van der Waals surface area contributed by atoms with Gasteiger partial charge in [-0.05, 0) is 24.7 Å². The third-order valence-corrected chi connectivity index (χ3v) is 5.54. The van der Waals surface area contributed by atoms with Crippen molar-refractivity contribution in [1.82, 2.24) is 10.1 Å². The lowest BCUT2D eigenvalue weighted by molar-refractivity contribution is 0.100. The Hall–Kier alpha value is -1.34. The molecular weight excluding hydrogens is 294 g/mol. The fourth-order valence-corrected chi connectivity index (χ4v) is 4.32. The number of carbonyl (C=O) groups is 1. The summed E-state index contributed by atoms with van der Waals surface area (Å²) in [4.78, 5) is 16.4. The number of primary amides is 1. The largest absolute Gasteiger partial charge is 0.366 e. The van der Waals surface area contributed by atoms with Crippen LogP contribution in [0.25, 0.3) is 10.8 Å². The summed E-state index contributed by atoms with van der Waals surface area (Å²) in [6, 6.07) is 1.70. The van der Waals surface area contributed by atoms with Gasteiger partial charge in [0.25, 0.3) is 5.89 Å². The molecule has 0 aliphatic carbocycles. The molecule has 1 fully saturated rings. The highest BCUT2D eigenvalue weighted by Crippen LogP contribution is 2.36. The van der Waals surface area contributed by atoms with Crippen molar-refractivity contribution in [2.75, 3.05) is 5.75 Å². The second kappa shape index (κ2) is 5.57. The molecule has 1 aliphatic rings. The van der Waals surface area contributed by atoms with Crippen LogP contribution in [0.4, 0.5) is 0 Å². The molecule has 20 heavy (non-hydrogen) atoms. The first kappa shape index (κ1) is 13.6. The van der Waals surface area contributed by atoms with Crippen molar-refractivity contribution in [3.63, 3.8) is 0 Å². The number of carbonyl (C=O) groups excluding carboxylic acids is 1. The zero-order valence-corrected chi connectivity index (χ0v) is 12.7. The van der Waals surface area contributed by atoms with Crippen LogP contribution in [0, 0.1) is 0 Å². The Bertz CT molecular complexity index is 623. The Balaban J connectivity index is 1.80. The van der Waals surface area contributed by atoms with E-state index in [-0.39, 0.29) is 0 Å². The number of thioether (sulfide) groups is 1. The van der Waals surface area contributed by atoms with E-state index in [0.29, 0.717) is 22.6 Å². The van der Waals surface area contributed by atoms with E-state index in [1.165, 1.54) is 11.3 Å². The van der Waals surface area contributed by atoms with Gasteiger partial charge in [0, 0.05) is 16.5 Å². The lowest BCUT2D eigenvalue weighted by Gasteiger charge is -2.23. The predicted molar refractivity (Wildman–Crippen MR) is 80.0 cm³/mol. The number of amides is 1. The maximum atomic E-state index is 11.1. The predicted octanol–water partition coefficient (Wildman–Crippen LogP) is 2.90. The molecule has 7 heteroatoms. The first-order valence-corrected chi connectivity index (χ1v) is 8.40. The zero-order valence-electron chi connectivity index (χ0n) is 11.0. The number of rotatable bonds is 3. The molecule has 2 atom stereocenters. The highest BCUT2D eigenvalue weighted by molar-refractivity contribution is 7.99. The van der Waals surface area contributed by atoms with Gasteiger partial charge in [0.15, 0.2) is 5.82 Å². The topological polar surface area (TPSA) is 82.0 Å². The molecule has 2 unspecified atom stereocenters. The second-order valence-corrected chi connectivity index (χ2v) is 7.38. The fourth-order valence-electron chi connectivity index (χ4n) is 2.31. The molecule has 5 nitrogen and oxygen atoms in total. The van der Waals surface area contributed by atoms with Crippen LogP contribution in [-0.4, -0.2) is 27.1 Å². The molecule has 0 bridgehead atoms. The highest BCUT2D eigenvalue weighted by Gasteiger charge is 2.25. The maximum absolute atomic E-state index is 11.1. The van der Waals surface area contributed by atoms with E-state index in [0.717, 1.165) is 29.3 Å². The van der Waals surface area contributed by atoms with E-state index < -0.39 is 5.91 Å². The summed E-state index contributed by atoms with van der Waals surface area (Å²) in [5.41, 5.74) is 5.72. The van der Waals surface area contributed by atoms with Gasteiger partial charge in [-0.2, -0.15) is 16.7 Å². The average molecular weight is 309 g/mol. The van der Waals surface area contributed by atoms with Crippen LogP contribution in [0.2, 0.25) is 0 Å². The molecule has 1 aliphatic heterocycles. The molecule has 3 rings (SSSR count). The number of hydrogen-bond acceptors (Lipinski definition) is 6. The second-order valence-electron chi connectivity index (χ2n) is 4.92. The molecule has 2 aromatic rings. The Morgan fingerprint density at radius 2 is 2.40 bits per heavy atom. The van der Waals surface area contributed by atoms with Crippen molar-refractivity contribution < 1.29 is 9.32 Å². The molecule has 1 saturated heterocycles. The van der Waals surface area contributed by atoms with Gasteiger partial charge in [-0.15, -0.1) is 11.3 Å². The van der Waals surface area contributed by atoms with E-state index >= 15 is 0 Å². The van der Waals surface area contributed by atoms with Gasteiger partial charge in [-0.1, -0.05) is 12.1 Å². The van der Waals surface area contributed by atoms with Crippen LogP contribution in [0.1, 0.15) is 41.9 Å². The SMILES string of the molecule is CC1CC(c2noc(-c3cc(C(N)=O)cs3)n2)CCS1. The van der Waals surface area contributed by atoms with E-state index in [9.17, 15) is 4.79 Å². The van der Waals surface area contributed by atoms with Crippen molar-refractivity contribution in [3.8, 4) is 10.8 Å². The number of nitrogens with zero attached hydrogens (tertiary/aromatic N) is 2. The van der Waals surface area contributed by atoms with E-state index in [1.54, 1.807) is 11.4 Å². The van der Waals surface area contributed by atoms with Gasteiger partial charge in [-0.25, -0.2) is 0 Å². The number of thiophene rings is 1. The molecule has 2 N–H and O–H groups in total. The number of hydrogen-bond donors (Lipinski definition) is 1. The Morgan fingerprint density at radius 1 is 1.55 bits per heavy atom. The van der Waals surface area contributed by atoms with Gasteiger partial charge < -0.3 is 10.3 Å². The summed E-state index contributed by atoms with van der Waals surface area (Å²) in [5.74, 6) is 2.33. The fraction of sp³-hybridized carbons (Fsp3) is 0.462. The van der Waals surface area contributed by atoms with Gasteiger partial charge >= 0.3 is 0 Å². The molecule has 0 aromatic carbocycles. The highest BCUT2D eigenvalue weighted by atomic mass is 32.2. The molecule has 3 heterocycles. The normalized spacial score (nSPS) is 22.9. The minimum Gasteiger partial charge on any atom is -0.366 e. The number of aromatic nitrogens is 2. The molecule has 0 radical (unpaired) electrons. The van der Waals surface area contributed by atoms with Gasteiger partial charge in [0.1, 0.15) is 0 Å². The van der Waals surface area contributed by atoms with Crippen LogP contribution in [0.15, 0.2) is 16.0 Å². The molecular formula is C13H15N3O2S2. The lowest BCUT2D eigenvalue weighted by atomic mass is 9.99. The molecule has 1 amide bonds. The van der Waals surface area contributed by atoms with Crippen LogP contribution in [-0.2, 0) is 0 Å². The van der Waals surface area contributed by atoms with Crippen LogP contribution in [0.5, 0.6) is 0 Å². The van der Waals surface area contributed by atoms with Crippen LogP contribution in [0.3, 0.4) is 0 Å². The van der Waals surface area contributed by atoms with E-state index in [4.69, 9.17) is 10.3 Å². The van der Waals surface area contributed by atoms with Crippen molar-refractivity contribution in [3.05, 3.63) is 22.8 Å². The van der Waals surface area contributed by atoms with Crippen molar-refractivity contribution >= 4 is 29.0 Å². The van der Waals surface area contributed by atoms with E-state index in [2.05, 4.69) is 17.1 Å². The van der Waals surface area contributed by atoms with Crippen molar-refractivity contribution in [2.45, 2.75) is 30.9 Å². The number of nitrogens with two attached hydrogens (primary N) is 1. The summed E-state index contributed by atoms with van der Waals surface area (Å²) in [6.07, 6.45) is 2.17. The van der Waals surface area contributed by atoms with Crippen molar-refractivity contribution in [2.24, 2.45) is 5.73 Å². The third-order valence-electron chi connectivity index (χ3n) is 3.39. The summed E-state index contributed by atoms with van der Waals surface area (Å²) in [7, 11) is 0. The molecule has 2 aromatic heterocycles. The first-order valence-electron chi connectivity index (χ1n) is 6.47. The smallest absolute Gasteiger partial charge is 0.268 e. The van der Waals surface area contributed by atoms with E-state index in [1.807, 2.05) is 11.8 Å². The first-order chi connectivity index (χ1) is 9.63. The van der Waals surface area contributed by atoms with Crippen molar-refractivity contribution in [1.29, 1.82) is 0 Å². The lowest BCUT2D eigenvalue weighted by Crippen LogP contribution is -2.15. The van der Waals surface area contributed by atoms with Crippen LogP contribution >= 0.6 is 23.1 Å². The van der Waals surface area contributed by atoms with Gasteiger partial charge in [-0.3, -0.25) is 4.79 Å². The molecule has 0 saturated carbocycles. The summed E-state index contributed by atoms with van der Waals surface area (Å²) < 4.78 is 5.32. The molecule has 0 spiro atoms. The zero-order chi connectivity index (χ0) is 14.1. The monoisotopic (exact) mass is 309 g/mol. The minimum atomic E-state index is -0.439.